The normalized spacial score (nSPS) is 9.96. The summed E-state index contributed by atoms with van der Waals surface area (Å²) in [6, 6.07) is 16.4. The summed E-state index contributed by atoms with van der Waals surface area (Å²) in [4.78, 5) is 13.3. The van der Waals surface area contributed by atoms with Gasteiger partial charge in [0, 0.05) is 17.3 Å². The Hall–Kier alpha value is -2.71. The monoisotopic (exact) mass is 358 g/mol. The van der Waals surface area contributed by atoms with E-state index in [0.717, 1.165) is 12.1 Å². The zero-order valence-electron chi connectivity index (χ0n) is 13.9. The molecule has 130 valence electrons. The molecule has 0 spiro atoms. The first kappa shape index (κ1) is 18.6. The molecule has 0 aromatic heterocycles. The third-order valence-electron chi connectivity index (χ3n) is 3.57. The number of hydrogen-bond acceptors (Lipinski definition) is 5. The topological polar surface area (TPSA) is 62.6 Å². The third-order valence-corrected chi connectivity index (χ3v) is 3.82. The molecule has 0 bridgehead atoms. The van der Waals surface area contributed by atoms with Gasteiger partial charge >= 0.3 is 5.97 Å². The van der Waals surface area contributed by atoms with E-state index in [1.165, 1.54) is 7.11 Å². The predicted molar refractivity (Wildman–Crippen MR) is 97.2 cm³/mol. The maximum absolute atomic E-state index is 11.4. The molecule has 6 heteroatoms. The molecule has 0 unspecified atom stereocenters. The van der Waals surface area contributed by atoms with E-state index in [2.05, 4.69) is 10.8 Å². The van der Waals surface area contributed by atoms with Crippen molar-refractivity contribution in [3.05, 3.63) is 59.1 Å². The molecule has 0 aliphatic rings. The number of nitrogens with zero attached hydrogens (tertiary/aromatic N) is 2. The maximum Gasteiger partial charge on any atom is 0.337 e. The fraction of sp³-hybridized carbons (Fsp3) is 0.263. The van der Waals surface area contributed by atoms with Gasteiger partial charge in [-0.25, -0.2) is 4.79 Å². The molecular weight excluding hydrogens is 340 g/mol. The van der Waals surface area contributed by atoms with Crippen molar-refractivity contribution in [2.24, 2.45) is 0 Å². The molecule has 2 aromatic rings. The van der Waals surface area contributed by atoms with Crippen LogP contribution in [0.3, 0.4) is 0 Å². The van der Waals surface area contributed by atoms with E-state index >= 15 is 0 Å². The highest BCUT2D eigenvalue weighted by Gasteiger charge is 2.07. The molecular formula is C19H19ClN2O3. The second-order valence-corrected chi connectivity index (χ2v) is 5.71. The van der Waals surface area contributed by atoms with Crippen molar-refractivity contribution in [1.82, 2.24) is 0 Å². The molecule has 5 nitrogen and oxygen atoms in total. The zero-order valence-corrected chi connectivity index (χ0v) is 14.7. The van der Waals surface area contributed by atoms with Crippen LogP contribution in [0.1, 0.15) is 16.8 Å². The van der Waals surface area contributed by atoms with E-state index in [1.54, 1.807) is 36.4 Å². The van der Waals surface area contributed by atoms with Crippen molar-refractivity contribution in [2.45, 2.75) is 6.42 Å². The van der Waals surface area contributed by atoms with E-state index < -0.39 is 0 Å². The van der Waals surface area contributed by atoms with E-state index in [4.69, 9.17) is 21.6 Å². The number of esters is 1. The highest BCUT2D eigenvalue weighted by molar-refractivity contribution is 6.30. The fourth-order valence-corrected chi connectivity index (χ4v) is 2.41. The van der Waals surface area contributed by atoms with Crippen LogP contribution in [-0.4, -0.2) is 32.8 Å². The standard InChI is InChI=1S/C19H19ClN2O3/c1-24-19(23)15-3-9-18(10-4-15)25-14-2-12-22(13-11-21)17-7-5-16(20)6-8-17/h3-10H,2,12-14H2,1H3. The Morgan fingerprint density at radius 2 is 1.84 bits per heavy atom. The minimum absolute atomic E-state index is 0.301. The van der Waals surface area contributed by atoms with Crippen molar-refractivity contribution in [1.29, 1.82) is 5.26 Å². The number of benzene rings is 2. The van der Waals surface area contributed by atoms with Gasteiger partial charge < -0.3 is 14.4 Å². The lowest BCUT2D eigenvalue weighted by Gasteiger charge is -2.21. The summed E-state index contributed by atoms with van der Waals surface area (Å²) in [6.07, 6.45) is 0.753. The number of anilines is 1. The van der Waals surface area contributed by atoms with Crippen molar-refractivity contribution >= 4 is 23.3 Å². The molecule has 0 amide bonds. The number of methoxy groups -OCH3 is 1. The van der Waals surface area contributed by atoms with Crippen LogP contribution in [0.25, 0.3) is 0 Å². The molecule has 0 atom stereocenters. The van der Waals surface area contributed by atoms with Crippen LogP contribution in [0.5, 0.6) is 5.75 Å². The molecule has 0 saturated carbocycles. The van der Waals surface area contributed by atoms with Gasteiger partial charge in [-0.2, -0.15) is 5.26 Å². The zero-order chi connectivity index (χ0) is 18.1. The van der Waals surface area contributed by atoms with Gasteiger partial charge in [0.2, 0.25) is 0 Å². The quantitative estimate of drug-likeness (QED) is 0.406. The van der Waals surface area contributed by atoms with Crippen LogP contribution in [0.2, 0.25) is 5.02 Å². The van der Waals surface area contributed by atoms with Crippen molar-refractivity contribution < 1.29 is 14.3 Å². The highest BCUT2D eigenvalue weighted by atomic mass is 35.5. The van der Waals surface area contributed by atoms with Crippen molar-refractivity contribution in [3.63, 3.8) is 0 Å². The van der Waals surface area contributed by atoms with Crippen LogP contribution in [-0.2, 0) is 4.74 Å². The Balaban J connectivity index is 1.83. The predicted octanol–water partition coefficient (Wildman–Crippen LogP) is 3.93. The second kappa shape index (κ2) is 9.55. The highest BCUT2D eigenvalue weighted by Crippen LogP contribution is 2.18. The average molecular weight is 359 g/mol. The van der Waals surface area contributed by atoms with E-state index in [9.17, 15) is 4.79 Å². The molecule has 2 aromatic carbocycles. The molecule has 0 aliphatic carbocycles. The number of ether oxygens (including phenoxy) is 2. The molecule has 2 rings (SSSR count). The lowest BCUT2D eigenvalue weighted by atomic mass is 10.2. The average Bonchev–Trinajstić information content (AvgIpc) is 2.65. The van der Waals surface area contributed by atoms with Gasteiger partial charge in [-0.05, 0) is 55.0 Å². The number of halogens is 1. The Kier molecular flexibility index (Phi) is 7.12. The van der Waals surface area contributed by atoms with E-state index in [-0.39, 0.29) is 5.97 Å². The van der Waals surface area contributed by atoms with E-state index in [0.29, 0.717) is 36.0 Å². The Morgan fingerprint density at radius 3 is 2.44 bits per heavy atom. The van der Waals surface area contributed by atoms with Gasteiger partial charge in [0.15, 0.2) is 0 Å². The Labute approximate surface area is 152 Å². The van der Waals surface area contributed by atoms with Gasteiger partial charge in [0.1, 0.15) is 12.3 Å². The van der Waals surface area contributed by atoms with Gasteiger partial charge in [-0.15, -0.1) is 0 Å². The van der Waals surface area contributed by atoms with Gasteiger partial charge in [0.05, 0.1) is 25.3 Å². The fourth-order valence-electron chi connectivity index (χ4n) is 2.29. The molecule has 0 radical (unpaired) electrons. The van der Waals surface area contributed by atoms with Crippen LogP contribution in [0.4, 0.5) is 5.69 Å². The SMILES string of the molecule is COC(=O)c1ccc(OCCCN(CC#N)c2ccc(Cl)cc2)cc1. The summed E-state index contributed by atoms with van der Waals surface area (Å²) in [5.41, 5.74) is 1.44. The first-order valence-electron chi connectivity index (χ1n) is 7.82. The number of hydrogen-bond donors (Lipinski definition) is 0. The minimum atomic E-state index is -0.373. The van der Waals surface area contributed by atoms with Crippen LogP contribution in [0.15, 0.2) is 48.5 Å². The Morgan fingerprint density at radius 1 is 1.16 bits per heavy atom. The second-order valence-electron chi connectivity index (χ2n) is 5.27. The molecule has 0 heterocycles. The molecule has 25 heavy (non-hydrogen) atoms. The number of rotatable bonds is 8. The third kappa shape index (κ3) is 5.70. The summed E-state index contributed by atoms with van der Waals surface area (Å²) in [6.45, 7) is 1.50. The van der Waals surface area contributed by atoms with Crippen LogP contribution < -0.4 is 9.64 Å². The van der Waals surface area contributed by atoms with Crippen molar-refractivity contribution in [2.75, 3.05) is 31.7 Å². The lowest BCUT2D eigenvalue weighted by molar-refractivity contribution is 0.0600. The molecule has 0 saturated heterocycles. The van der Waals surface area contributed by atoms with Crippen molar-refractivity contribution in [3.8, 4) is 11.8 Å². The largest absolute Gasteiger partial charge is 0.494 e. The van der Waals surface area contributed by atoms with Gasteiger partial charge in [-0.1, -0.05) is 11.6 Å². The first-order chi connectivity index (χ1) is 12.1. The van der Waals surface area contributed by atoms with Gasteiger partial charge in [-0.3, -0.25) is 0 Å². The maximum atomic E-state index is 11.4. The summed E-state index contributed by atoms with van der Waals surface area (Å²) in [5, 5.41) is 9.66. The number of carbonyl (C=O) groups is 1. The smallest absolute Gasteiger partial charge is 0.337 e. The van der Waals surface area contributed by atoms with Crippen LogP contribution in [0, 0.1) is 11.3 Å². The molecule has 0 fully saturated rings. The lowest BCUT2D eigenvalue weighted by Crippen LogP contribution is -2.25. The number of carbonyl (C=O) groups excluding carboxylic acids is 1. The van der Waals surface area contributed by atoms with Crippen LogP contribution >= 0.6 is 11.6 Å². The molecule has 0 aliphatic heterocycles. The summed E-state index contributed by atoms with van der Waals surface area (Å²) < 4.78 is 10.3. The summed E-state index contributed by atoms with van der Waals surface area (Å²) >= 11 is 5.90. The van der Waals surface area contributed by atoms with Gasteiger partial charge in [0.25, 0.3) is 0 Å². The number of nitriles is 1. The summed E-state index contributed by atoms with van der Waals surface area (Å²) in [7, 11) is 1.35. The summed E-state index contributed by atoms with van der Waals surface area (Å²) in [5.74, 6) is 0.313. The van der Waals surface area contributed by atoms with E-state index in [1.807, 2.05) is 17.0 Å². The first-order valence-corrected chi connectivity index (χ1v) is 8.20. The Bertz CT molecular complexity index is 724. The molecule has 0 N–H and O–H groups in total. The minimum Gasteiger partial charge on any atom is -0.494 e.